The first kappa shape index (κ1) is 23.4. The molecular formula is C27H22N2O6S. The van der Waals surface area contributed by atoms with Crippen molar-refractivity contribution in [3.8, 4) is 17.2 Å². The number of carbonyl (C=O) groups is 2. The van der Waals surface area contributed by atoms with Crippen molar-refractivity contribution >= 4 is 44.1 Å². The van der Waals surface area contributed by atoms with Crippen molar-refractivity contribution < 1.29 is 28.9 Å². The summed E-state index contributed by atoms with van der Waals surface area (Å²) in [7, 11) is 4.65. The Bertz CT molecular complexity index is 1510. The number of benzene rings is 3. The van der Waals surface area contributed by atoms with Crippen LogP contribution >= 0.6 is 11.3 Å². The Morgan fingerprint density at radius 3 is 2.25 bits per heavy atom. The zero-order chi connectivity index (χ0) is 25.4. The van der Waals surface area contributed by atoms with Crippen LogP contribution in [-0.2, 0) is 9.59 Å². The molecule has 0 radical (unpaired) electrons. The van der Waals surface area contributed by atoms with E-state index in [9.17, 15) is 14.7 Å². The topological polar surface area (TPSA) is 98.2 Å². The zero-order valence-electron chi connectivity index (χ0n) is 19.7. The Kier molecular flexibility index (Phi) is 6.07. The molecule has 1 fully saturated rings. The summed E-state index contributed by atoms with van der Waals surface area (Å²) in [5, 5.41) is 11.6. The van der Waals surface area contributed by atoms with Gasteiger partial charge >= 0.3 is 5.91 Å². The molecule has 2 heterocycles. The van der Waals surface area contributed by atoms with Gasteiger partial charge in [0.15, 0.2) is 5.13 Å². The second kappa shape index (κ2) is 9.35. The third-order valence-corrected chi connectivity index (χ3v) is 7.03. The molecule has 3 aromatic carbocycles. The average Bonchev–Trinajstić information content (AvgIpc) is 3.45. The lowest BCUT2D eigenvalue weighted by Crippen LogP contribution is -2.29. The maximum Gasteiger partial charge on any atom is 0.301 e. The fourth-order valence-electron chi connectivity index (χ4n) is 4.18. The van der Waals surface area contributed by atoms with Gasteiger partial charge in [0.25, 0.3) is 5.78 Å². The van der Waals surface area contributed by atoms with E-state index < -0.39 is 17.7 Å². The van der Waals surface area contributed by atoms with Crippen molar-refractivity contribution in [1.82, 2.24) is 4.98 Å². The second-order valence-electron chi connectivity index (χ2n) is 8.00. The number of aliphatic hydroxyl groups excluding tert-OH is 1. The number of rotatable bonds is 6. The highest BCUT2D eigenvalue weighted by atomic mass is 32.1. The van der Waals surface area contributed by atoms with E-state index in [1.165, 1.54) is 30.5 Å². The minimum absolute atomic E-state index is 0.0322. The van der Waals surface area contributed by atoms with E-state index >= 15 is 0 Å². The second-order valence-corrected chi connectivity index (χ2v) is 9.01. The summed E-state index contributed by atoms with van der Waals surface area (Å²) in [6, 6.07) is 18.2. The average molecular weight is 503 g/mol. The number of ketones is 1. The third kappa shape index (κ3) is 3.93. The molecule has 8 nitrogen and oxygen atoms in total. The first-order valence-corrected chi connectivity index (χ1v) is 11.8. The Morgan fingerprint density at radius 1 is 0.889 bits per heavy atom. The van der Waals surface area contributed by atoms with Crippen molar-refractivity contribution in [3.05, 3.63) is 83.4 Å². The summed E-state index contributed by atoms with van der Waals surface area (Å²) in [6.45, 7) is 0. The molecule has 4 aromatic rings. The highest BCUT2D eigenvalue weighted by molar-refractivity contribution is 7.22. The fraction of sp³-hybridized carbons (Fsp3) is 0.148. The van der Waals surface area contributed by atoms with Crippen LogP contribution in [0.2, 0.25) is 0 Å². The molecule has 0 saturated carbocycles. The van der Waals surface area contributed by atoms with Crippen LogP contribution in [0.4, 0.5) is 5.13 Å². The molecule has 1 atom stereocenters. The number of nitrogens with zero attached hydrogens (tertiary/aromatic N) is 2. The van der Waals surface area contributed by atoms with Crippen molar-refractivity contribution in [1.29, 1.82) is 0 Å². The minimum Gasteiger partial charge on any atom is -0.507 e. The largest absolute Gasteiger partial charge is 0.507 e. The number of fused-ring (bicyclic) bond motifs is 1. The van der Waals surface area contributed by atoms with Gasteiger partial charge in [-0.1, -0.05) is 23.5 Å². The number of thiazole rings is 1. The van der Waals surface area contributed by atoms with Crippen LogP contribution in [0.5, 0.6) is 17.2 Å². The number of Topliss-reactive ketones (excluding diaryl/α,β-unsaturated/α-hetero) is 1. The van der Waals surface area contributed by atoms with Gasteiger partial charge in [-0.3, -0.25) is 14.5 Å². The van der Waals surface area contributed by atoms with Crippen LogP contribution < -0.4 is 19.1 Å². The number of hydrogen-bond acceptors (Lipinski definition) is 8. The maximum absolute atomic E-state index is 13.4. The van der Waals surface area contributed by atoms with Gasteiger partial charge in [-0.15, -0.1) is 0 Å². The number of ether oxygens (including phenoxy) is 3. The van der Waals surface area contributed by atoms with Crippen LogP contribution in [0.15, 0.2) is 72.3 Å². The highest BCUT2D eigenvalue weighted by Crippen LogP contribution is 2.45. The molecular weight excluding hydrogens is 480 g/mol. The molecule has 36 heavy (non-hydrogen) atoms. The van der Waals surface area contributed by atoms with E-state index in [1.54, 1.807) is 67.8 Å². The van der Waals surface area contributed by atoms with Gasteiger partial charge in [0.05, 0.1) is 43.2 Å². The number of aromatic nitrogens is 1. The smallest absolute Gasteiger partial charge is 0.301 e. The van der Waals surface area contributed by atoms with E-state index in [2.05, 4.69) is 4.98 Å². The lowest BCUT2D eigenvalue weighted by Gasteiger charge is -2.23. The molecule has 0 spiro atoms. The SMILES string of the molecule is COc1ccc(/C(O)=C2\C(=O)C(=O)N(c3nc4ccc(OC)cc4s3)[C@@H]2c2cccc(OC)c2)cc1. The molecule has 0 bridgehead atoms. The maximum atomic E-state index is 13.4. The molecule has 1 aliphatic heterocycles. The van der Waals surface area contributed by atoms with E-state index in [1.807, 2.05) is 6.07 Å². The van der Waals surface area contributed by atoms with Gasteiger partial charge in [0, 0.05) is 5.56 Å². The molecule has 0 unspecified atom stereocenters. The molecule has 5 rings (SSSR count). The molecule has 0 aliphatic carbocycles. The monoisotopic (exact) mass is 502 g/mol. The Balaban J connectivity index is 1.71. The van der Waals surface area contributed by atoms with Crippen LogP contribution in [-0.4, -0.2) is 43.1 Å². The van der Waals surface area contributed by atoms with Crippen LogP contribution in [0.25, 0.3) is 16.0 Å². The predicted octanol–water partition coefficient (Wildman–Crippen LogP) is 4.95. The number of anilines is 1. The molecule has 9 heteroatoms. The van der Waals surface area contributed by atoms with Gasteiger partial charge in [0.2, 0.25) is 0 Å². The highest BCUT2D eigenvalue weighted by Gasteiger charge is 2.48. The quantitative estimate of drug-likeness (QED) is 0.226. The number of methoxy groups -OCH3 is 3. The van der Waals surface area contributed by atoms with Crippen LogP contribution in [0.3, 0.4) is 0 Å². The Labute approximate surface area is 211 Å². The fourth-order valence-corrected chi connectivity index (χ4v) is 5.20. The molecule has 1 aromatic heterocycles. The third-order valence-electron chi connectivity index (χ3n) is 6.01. The number of carbonyl (C=O) groups excluding carboxylic acids is 2. The van der Waals surface area contributed by atoms with E-state index in [-0.39, 0.29) is 11.3 Å². The molecule has 1 aliphatic rings. The standard InChI is InChI=1S/C27H22N2O6S/c1-33-17-9-7-15(8-10-17)24(30)22-23(16-5-4-6-18(13-16)34-2)29(26(32)25(22)31)27-28-20-12-11-19(35-3)14-21(20)36-27/h4-14,23,30H,1-3H3/b24-22+/t23-/m1/s1. The summed E-state index contributed by atoms with van der Waals surface area (Å²) in [5.74, 6) is -0.0487. The van der Waals surface area contributed by atoms with Crippen molar-refractivity contribution in [3.63, 3.8) is 0 Å². The normalized spacial score (nSPS) is 17.0. The number of hydrogen-bond donors (Lipinski definition) is 1. The van der Waals surface area contributed by atoms with Gasteiger partial charge < -0.3 is 19.3 Å². The van der Waals surface area contributed by atoms with Gasteiger partial charge in [-0.25, -0.2) is 4.98 Å². The van der Waals surface area contributed by atoms with Gasteiger partial charge in [-0.2, -0.15) is 0 Å². The van der Waals surface area contributed by atoms with Crippen LogP contribution in [0, 0.1) is 0 Å². The summed E-state index contributed by atoms with van der Waals surface area (Å²) in [5.41, 5.74) is 1.61. The van der Waals surface area contributed by atoms with Gasteiger partial charge in [-0.05, 0) is 60.2 Å². The molecule has 182 valence electrons. The summed E-state index contributed by atoms with van der Waals surface area (Å²) in [6.07, 6.45) is 0. The number of aliphatic hydroxyl groups is 1. The van der Waals surface area contributed by atoms with Crippen molar-refractivity contribution in [2.75, 3.05) is 26.2 Å². The van der Waals surface area contributed by atoms with E-state index in [4.69, 9.17) is 14.2 Å². The molecule has 1 saturated heterocycles. The first-order chi connectivity index (χ1) is 17.4. The predicted molar refractivity (Wildman–Crippen MR) is 137 cm³/mol. The summed E-state index contributed by atoms with van der Waals surface area (Å²) < 4.78 is 16.7. The molecule has 1 N–H and O–H groups in total. The Morgan fingerprint density at radius 2 is 1.56 bits per heavy atom. The van der Waals surface area contributed by atoms with Gasteiger partial charge in [0.1, 0.15) is 23.0 Å². The van der Waals surface area contributed by atoms with Crippen LogP contribution in [0.1, 0.15) is 17.2 Å². The number of amides is 1. The summed E-state index contributed by atoms with van der Waals surface area (Å²) in [4.78, 5) is 32.7. The summed E-state index contributed by atoms with van der Waals surface area (Å²) >= 11 is 1.26. The molecule has 1 amide bonds. The Hall–Kier alpha value is -4.37. The lowest BCUT2D eigenvalue weighted by molar-refractivity contribution is -0.132. The van der Waals surface area contributed by atoms with Crippen molar-refractivity contribution in [2.24, 2.45) is 0 Å². The zero-order valence-corrected chi connectivity index (χ0v) is 20.5. The lowest BCUT2D eigenvalue weighted by atomic mass is 9.95. The van der Waals surface area contributed by atoms with Crippen molar-refractivity contribution in [2.45, 2.75) is 6.04 Å². The first-order valence-electron chi connectivity index (χ1n) is 11.0. The van der Waals surface area contributed by atoms with E-state index in [0.29, 0.717) is 39.0 Å². The van der Waals surface area contributed by atoms with E-state index in [0.717, 1.165) is 4.70 Å². The minimum atomic E-state index is -0.912.